The van der Waals surface area contributed by atoms with E-state index in [4.69, 9.17) is 23.2 Å². The zero-order valence-electron chi connectivity index (χ0n) is 12.9. The molecule has 0 aliphatic heterocycles. The molecular weight excluding hydrogens is 333 g/mol. The molecule has 1 amide bonds. The summed E-state index contributed by atoms with van der Waals surface area (Å²) >= 11 is 11.8. The van der Waals surface area contributed by atoms with Gasteiger partial charge < -0.3 is 10.2 Å². The SMILES string of the molecule is CN(C)c1ncccc1CNC(=O)C=Cc1ccc(Cl)c(Cl)c1. The van der Waals surface area contributed by atoms with Crippen LogP contribution in [0.3, 0.4) is 0 Å². The molecule has 0 unspecified atom stereocenters. The van der Waals surface area contributed by atoms with Gasteiger partial charge in [0.1, 0.15) is 5.82 Å². The number of aromatic nitrogens is 1. The fourth-order valence-corrected chi connectivity index (χ4v) is 2.31. The second kappa shape index (κ2) is 7.99. The van der Waals surface area contributed by atoms with Gasteiger partial charge in [-0.3, -0.25) is 4.79 Å². The Morgan fingerprint density at radius 2 is 2.04 bits per heavy atom. The molecule has 0 spiro atoms. The summed E-state index contributed by atoms with van der Waals surface area (Å²) in [4.78, 5) is 18.1. The first-order valence-corrected chi connectivity index (χ1v) is 7.75. The van der Waals surface area contributed by atoms with Crippen LogP contribution in [0.15, 0.2) is 42.6 Å². The summed E-state index contributed by atoms with van der Waals surface area (Å²) in [6.07, 6.45) is 4.88. The van der Waals surface area contributed by atoms with Gasteiger partial charge in [0, 0.05) is 38.5 Å². The molecule has 2 rings (SSSR count). The zero-order chi connectivity index (χ0) is 16.8. The van der Waals surface area contributed by atoms with Crippen LogP contribution < -0.4 is 10.2 Å². The van der Waals surface area contributed by atoms with Crippen molar-refractivity contribution in [3.63, 3.8) is 0 Å². The highest BCUT2D eigenvalue weighted by atomic mass is 35.5. The number of halogens is 2. The summed E-state index contributed by atoms with van der Waals surface area (Å²) in [5, 5.41) is 3.78. The molecule has 1 aromatic carbocycles. The van der Waals surface area contributed by atoms with Crippen LogP contribution >= 0.6 is 23.2 Å². The molecule has 23 heavy (non-hydrogen) atoms. The largest absolute Gasteiger partial charge is 0.362 e. The first kappa shape index (κ1) is 17.3. The highest BCUT2D eigenvalue weighted by Gasteiger charge is 2.06. The number of rotatable bonds is 5. The van der Waals surface area contributed by atoms with E-state index in [2.05, 4.69) is 10.3 Å². The quantitative estimate of drug-likeness (QED) is 0.835. The standard InChI is InChI=1S/C17H17Cl2N3O/c1-22(2)17-13(4-3-9-20-17)11-21-16(23)8-6-12-5-7-14(18)15(19)10-12/h3-10H,11H2,1-2H3,(H,21,23). The molecule has 0 radical (unpaired) electrons. The zero-order valence-corrected chi connectivity index (χ0v) is 14.4. The first-order chi connectivity index (χ1) is 11.0. The summed E-state index contributed by atoms with van der Waals surface area (Å²) in [6, 6.07) is 8.98. The van der Waals surface area contributed by atoms with Crippen LogP contribution in [0.25, 0.3) is 6.08 Å². The van der Waals surface area contributed by atoms with E-state index < -0.39 is 0 Å². The summed E-state index contributed by atoms with van der Waals surface area (Å²) < 4.78 is 0. The monoisotopic (exact) mass is 349 g/mol. The number of benzene rings is 1. The Morgan fingerprint density at radius 1 is 1.26 bits per heavy atom. The van der Waals surface area contributed by atoms with Crippen molar-refractivity contribution < 1.29 is 4.79 Å². The van der Waals surface area contributed by atoms with Crippen molar-refractivity contribution in [2.45, 2.75) is 6.54 Å². The highest BCUT2D eigenvalue weighted by molar-refractivity contribution is 6.42. The van der Waals surface area contributed by atoms with Crippen molar-refractivity contribution >= 4 is 41.0 Å². The van der Waals surface area contributed by atoms with Gasteiger partial charge in [-0.05, 0) is 29.8 Å². The normalized spacial score (nSPS) is 10.8. The molecule has 1 N–H and O–H groups in total. The lowest BCUT2D eigenvalue weighted by atomic mass is 10.2. The Morgan fingerprint density at radius 3 is 2.74 bits per heavy atom. The summed E-state index contributed by atoms with van der Waals surface area (Å²) in [5.41, 5.74) is 1.76. The molecule has 0 saturated carbocycles. The van der Waals surface area contributed by atoms with Gasteiger partial charge in [-0.15, -0.1) is 0 Å². The van der Waals surface area contributed by atoms with Crippen molar-refractivity contribution in [2.24, 2.45) is 0 Å². The number of hydrogen-bond donors (Lipinski definition) is 1. The molecule has 0 aliphatic carbocycles. The average Bonchev–Trinajstić information content (AvgIpc) is 2.54. The maximum Gasteiger partial charge on any atom is 0.244 e. The number of anilines is 1. The number of carbonyl (C=O) groups is 1. The van der Waals surface area contributed by atoms with Crippen LogP contribution in [0.4, 0.5) is 5.82 Å². The Labute approximate surface area is 145 Å². The second-order valence-corrected chi connectivity index (χ2v) is 5.92. The molecule has 1 heterocycles. The summed E-state index contributed by atoms with van der Waals surface area (Å²) in [7, 11) is 3.83. The number of carbonyl (C=O) groups excluding carboxylic acids is 1. The molecule has 0 bridgehead atoms. The van der Waals surface area contributed by atoms with Crippen LogP contribution in [0, 0.1) is 0 Å². The fraction of sp³-hybridized carbons (Fsp3) is 0.176. The lowest BCUT2D eigenvalue weighted by molar-refractivity contribution is -0.116. The van der Waals surface area contributed by atoms with Crippen LogP contribution in [-0.2, 0) is 11.3 Å². The first-order valence-electron chi connectivity index (χ1n) is 6.99. The third-order valence-corrected chi connectivity index (χ3v) is 3.85. The van der Waals surface area contributed by atoms with Crippen molar-refractivity contribution in [1.82, 2.24) is 10.3 Å². The van der Waals surface area contributed by atoms with E-state index in [0.717, 1.165) is 16.9 Å². The highest BCUT2D eigenvalue weighted by Crippen LogP contribution is 2.23. The Bertz CT molecular complexity index is 730. The van der Waals surface area contributed by atoms with E-state index in [1.165, 1.54) is 6.08 Å². The summed E-state index contributed by atoms with van der Waals surface area (Å²) in [5.74, 6) is 0.644. The van der Waals surface area contributed by atoms with Gasteiger partial charge in [-0.2, -0.15) is 0 Å². The lowest BCUT2D eigenvalue weighted by Crippen LogP contribution is -2.22. The summed E-state index contributed by atoms with van der Waals surface area (Å²) in [6.45, 7) is 0.409. The lowest BCUT2D eigenvalue weighted by Gasteiger charge is -2.15. The van der Waals surface area contributed by atoms with E-state index in [-0.39, 0.29) is 5.91 Å². The second-order valence-electron chi connectivity index (χ2n) is 5.11. The van der Waals surface area contributed by atoms with Crippen molar-refractivity contribution in [2.75, 3.05) is 19.0 Å². The molecule has 1 aromatic heterocycles. The number of nitrogens with zero attached hydrogens (tertiary/aromatic N) is 2. The Kier molecular flexibility index (Phi) is 6.02. The minimum atomic E-state index is -0.190. The average molecular weight is 350 g/mol. The van der Waals surface area contributed by atoms with Crippen molar-refractivity contribution in [3.05, 3.63) is 63.8 Å². The topological polar surface area (TPSA) is 45.2 Å². The maximum absolute atomic E-state index is 11.9. The van der Waals surface area contributed by atoms with Gasteiger partial charge in [-0.25, -0.2) is 4.98 Å². The van der Waals surface area contributed by atoms with E-state index in [1.807, 2.05) is 31.1 Å². The molecule has 120 valence electrons. The number of amides is 1. The van der Waals surface area contributed by atoms with Gasteiger partial charge in [0.15, 0.2) is 0 Å². The van der Waals surface area contributed by atoms with Gasteiger partial charge in [0.25, 0.3) is 0 Å². The molecule has 0 aliphatic rings. The molecular formula is C17H17Cl2N3O. The van der Waals surface area contributed by atoms with Gasteiger partial charge in [0.05, 0.1) is 10.0 Å². The van der Waals surface area contributed by atoms with E-state index >= 15 is 0 Å². The van der Waals surface area contributed by atoms with Gasteiger partial charge >= 0.3 is 0 Å². The molecule has 0 fully saturated rings. The van der Waals surface area contributed by atoms with Gasteiger partial charge in [0.2, 0.25) is 5.91 Å². The van der Waals surface area contributed by atoms with Gasteiger partial charge in [-0.1, -0.05) is 35.3 Å². The number of nitrogens with one attached hydrogen (secondary N) is 1. The van der Waals surface area contributed by atoms with Crippen LogP contribution in [-0.4, -0.2) is 25.0 Å². The predicted octanol–water partition coefficient (Wildman–Crippen LogP) is 3.78. The smallest absolute Gasteiger partial charge is 0.244 e. The predicted molar refractivity (Wildman–Crippen MR) is 95.9 cm³/mol. The minimum Gasteiger partial charge on any atom is -0.362 e. The number of pyridine rings is 1. The van der Waals surface area contributed by atoms with Crippen LogP contribution in [0.1, 0.15) is 11.1 Å². The van der Waals surface area contributed by atoms with Crippen molar-refractivity contribution in [1.29, 1.82) is 0 Å². The molecule has 6 heteroatoms. The molecule has 0 atom stereocenters. The Balaban J connectivity index is 1.97. The maximum atomic E-state index is 11.9. The van der Waals surface area contributed by atoms with Crippen LogP contribution in [0.2, 0.25) is 10.0 Å². The fourth-order valence-electron chi connectivity index (χ4n) is 2.00. The molecule has 0 saturated heterocycles. The Hall–Kier alpha value is -2.04. The minimum absolute atomic E-state index is 0.190. The van der Waals surface area contributed by atoms with E-state index in [1.54, 1.807) is 30.5 Å². The van der Waals surface area contributed by atoms with Crippen molar-refractivity contribution in [3.8, 4) is 0 Å². The molecule has 2 aromatic rings. The van der Waals surface area contributed by atoms with Crippen LogP contribution in [0.5, 0.6) is 0 Å². The van der Waals surface area contributed by atoms with E-state index in [0.29, 0.717) is 16.6 Å². The number of hydrogen-bond acceptors (Lipinski definition) is 3. The third-order valence-electron chi connectivity index (χ3n) is 3.12. The van der Waals surface area contributed by atoms with E-state index in [9.17, 15) is 4.79 Å². The molecule has 4 nitrogen and oxygen atoms in total. The third kappa shape index (κ3) is 4.98.